The second-order valence-electron chi connectivity index (χ2n) is 4.16. The van der Waals surface area contributed by atoms with Gasteiger partial charge in [0, 0.05) is 10.1 Å². The minimum atomic E-state index is -0.141. The molecule has 0 atom stereocenters. The van der Waals surface area contributed by atoms with Gasteiger partial charge in [-0.25, -0.2) is 0 Å². The maximum atomic E-state index is 12.1. The van der Waals surface area contributed by atoms with Crippen molar-refractivity contribution in [1.29, 1.82) is 0 Å². The van der Waals surface area contributed by atoms with Gasteiger partial charge in [0.1, 0.15) is 0 Å². The van der Waals surface area contributed by atoms with E-state index in [1.165, 1.54) is 4.90 Å². The maximum Gasteiger partial charge on any atom is 0.261 e. The summed E-state index contributed by atoms with van der Waals surface area (Å²) < 4.78 is 0.984. The van der Waals surface area contributed by atoms with Crippen molar-refractivity contribution in [2.45, 2.75) is 26.2 Å². The molecule has 0 N–H and O–H groups in total. The summed E-state index contributed by atoms with van der Waals surface area (Å²) in [6.07, 6.45) is 3.02. The zero-order valence-corrected chi connectivity index (χ0v) is 11.9. The topological polar surface area (TPSA) is 37.4 Å². The molecule has 4 heteroatoms. The molecule has 0 aliphatic carbocycles. The van der Waals surface area contributed by atoms with E-state index >= 15 is 0 Å². The largest absolute Gasteiger partial charge is 0.274 e. The molecular formula is C13H14INO2. The number of nitrogens with zero attached hydrogens (tertiary/aromatic N) is 1. The highest BCUT2D eigenvalue weighted by atomic mass is 127. The van der Waals surface area contributed by atoms with Crippen LogP contribution in [0.15, 0.2) is 18.2 Å². The van der Waals surface area contributed by atoms with Gasteiger partial charge in [-0.15, -0.1) is 0 Å². The Morgan fingerprint density at radius 3 is 2.53 bits per heavy atom. The van der Waals surface area contributed by atoms with E-state index in [1.54, 1.807) is 12.1 Å². The van der Waals surface area contributed by atoms with Crippen LogP contribution in [-0.2, 0) is 0 Å². The van der Waals surface area contributed by atoms with E-state index in [2.05, 4.69) is 29.5 Å². The molecule has 1 aliphatic heterocycles. The van der Waals surface area contributed by atoms with Crippen LogP contribution in [0.5, 0.6) is 0 Å². The third kappa shape index (κ3) is 2.36. The molecule has 2 amide bonds. The smallest absolute Gasteiger partial charge is 0.261 e. The number of imide groups is 1. The van der Waals surface area contributed by atoms with E-state index in [4.69, 9.17) is 0 Å². The molecule has 0 unspecified atom stereocenters. The third-order valence-corrected chi connectivity index (χ3v) is 3.59. The predicted molar refractivity (Wildman–Crippen MR) is 74.1 cm³/mol. The molecule has 1 heterocycles. The lowest BCUT2D eigenvalue weighted by atomic mass is 10.1. The molecule has 0 saturated carbocycles. The minimum Gasteiger partial charge on any atom is -0.274 e. The highest BCUT2D eigenvalue weighted by Gasteiger charge is 2.34. The number of fused-ring (bicyclic) bond motifs is 1. The first kappa shape index (κ1) is 12.5. The first-order valence-electron chi connectivity index (χ1n) is 5.81. The van der Waals surface area contributed by atoms with Gasteiger partial charge < -0.3 is 0 Å². The molecule has 1 aromatic rings. The van der Waals surface area contributed by atoms with Crippen molar-refractivity contribution in [2.24, 2.45) is 0 Å². The number of benzene rings is 1. The Bertz CT molecular complexity index is 470. The molecular weight excluding hydrogens is 329 g/mol. The zero-order valence-electron chi connectivity index (χ0n) is 9.70. The van der Waals surface area contributed by atoms with Crippen LogP contribution < -0.4 is 0 Å². The van der Waals surface area contributed by atoms with Crippen LogP contribution in [0.1, 0.15) is 46.9 Å². The van der Waals surface area contributed by atoms with E-state index in [1.807, 2.05) is 6.07 Å². The summed E-state index contributed by atoms with van der Waals surface area (Å²) in [5.74, 6) is -0.280. The van der Waals surface area contributed by atoms with Crippen molar-refractivity contribution in [3.63, 3.8) is 0 Å². The van der Waals surface area contributed by atoms with Crippen LogP contribution >= 0.6 is 22.6 Å². The van der Waals surface area contributed by atoms with Crippen molar-refractivity contribution in [1.82, 2.24) is 4.90 Å². The summed E-state index contributed by atoms with van der Waals surface area (Å²) in [6.45, 7) is 2.64. The SMILES string of the molecule is CCCCCN1C(=O)c2ccc(I)cc2C1=O. The number of unbranched alkanes of at least 4 members (excludes halogenated alkanes) is 2. The Kier molecular flexibility index (Phi) is 3.81. The van der Waals surface area contributed by atoms with Crippen LogP contribution in [0, 0.1) is 3.57 Å². The Labute approximate surface area is 114 Å². The van der Waals surface area contributed by atoms with Gasteiger partial charge in [-0.05, 0) is 47.2 Å². The second kappa shape index (κ2) is 5.16. The van der Waals surface area contributed by atoms with Crippen LogP contribution in [-0.4, -0.2) is 23.3 Å². The lowest BCUT2D eigenvalue weighted by molar-refractivity contribution is 0.0651. The normalized spacial score (nSPS) is 14.4. The maximum absolute atomic E-state index is 12.1. The summed E-state index contributed by atoms with van der Waals surface area (Å²) in [6, 6.07) is 5.40. The molecule has 3 nitrogen and oxygen atoms in total. The standard InChI is InChI=1S/C13H14INO2/c1-2-3-4-7-15-12(16)10-6-5-9(14)8-11(10)13(15)17/h5-6,8H,2-4,7H2,1H3. The molecule has 0 radical (unpaired) electrons. The summed E-state index contributed by atoms with van der Waals surface area (Å²) in [7, 11) is 0. The van der Waals surface area contributed by atoms with E-state index in [-0.39, 0.29) is 11.8 Å². The van der Waals surface area contributed by atoms with Gasteiger partial charge in [-0.3, -0.25) is 14.5 Å². The van der Waals surface area contributed by atoms with Crippen molar-refractivity contribution in [3.05, 3.63) is 32.9 Å². The number of hydrogen-bond donors (Lipinski definition) is 0. The predicted octanol–water partition coefficient (Wildman–Crippen LogP) is 3.08. The molecule has 17 heavy (non-hydrogen) atoms. The summed E-state index contributed by atoms with van der Waals surface area (Å²) in [4.78, 5) is 25.4. The zero-order chi connectivity index (χ0) is 12.4. The van der Waals surface area contributed by atoms with Gasteiger partial charge in [0.25, 0.3) is 11.8 Å². The van der Waals surface area contributed by atoms with Crippen LogP contribution in [0.25, 0.3) is 0 Å². The second-order valence-corrected chi connectivity index (χ2v) is 5.40. The monoisotopic (exact) mass is 343 g/mol. The first-order valence-corrected chi connectivity index (χ1v) is 6.88. The lowest BCUT2D eigenvalue weighted by Gasteiger charge is -2.12. The molecule has 90 valence electrons. The van der Waals surface area contributed by atoms with Crippen molar-refractivity contribution in [3.8, 4) is 0 Å². The Hall–Kier alpha value is -0.910. The Morgan fingerprint density at radius 2 is 1.82 bits per heavy atom. The van der Waals surface area contributed by atoms with Gasteiger partial charge in [0.15, 0.2) is 0 Å². The number of carbonyl (C=O) groups excluding carboxylic acids is 2. The lowest BCUT2D eigenvalue weighted by Crippen LogP contribution is -2.30. The average Bonchev–Trinajstić information content (AvgIpc) is 2.54. The molecule has 0 aromatic heterocycles. The minimum absolute atomic E-state index is 0.139. The third-order valence-electron chi connectivity index (χ3n) is 2.92. The number of halogens is 1. The summed E-state index contributed by atoms with van der Waals surface area (Å²) in [5, 5.41) is 0. The highest BCUT2D eigenvalue weighted by molar-refractivity contribution is 14.1. The number of rotatable bonds is 4. The van der Waals surface area contributed by atoms with Crippen molar-refractivity contribution >= 4 is 34.4 Å². The van der Waals surface area contributed by atoms with Gasteiger partial charge in [0.2, 0.25) is 0 Å². The van der Waals surface area contributed by atoms with Crippen molar-refractivity contribution in [2.75, 3.05) is 6.54 Å². The summed E-state index contributed by atoms with van der Waals surface area (Å²) in [5.41, 5.74) is 1.10. The highest BCUT2D eigenvalue weighted by Crippen LogP contribution is 2.24. The van der Waals surface area contributed by atoms with Crippen LogP contribution in [0.4, 0.5) is 0 Å². The van der Waals surface area contributed by atoms with Crippen LogP contribution in [0.2, 0.25) is 0 Å². The summed E-state index contributed by atoms with van der Waals surface area (Å²) >= 11 is 2.15. The number of amides is 2. The molecule has 1 aromatic carbocycles. The van der Waals surface area contributed by atoms with Gasteiger partial charge in [-0.2, -0.15) is 0 Å². The Morgan fingerprint density at radius 1 is 1.12 bits per heavy atom. The first-order chi connectivity index (χ1) is 8.15. The fourth-order valence-corrected chi connectivity index (χ4v) is 2.48. The van der Waals surface area contributed by atoms with Crippen LogP contribution in [0.3, 0.4) is 0 Å². The molecule has 0 fully saturated rings. The molecule has 0 bridgehead atoms. The van der Waals surface area contributed by atoms with Gasteiger partial charge in [-0.1, -0.05) is 19.8 Å². The molecule has 0 saturated heterocycles. The fraction of sp³-hybridized carbons (Fsp3) is 0.385. The van der Waals surface area contributed by atoms with Gasteiger partial charge >= 0.3 is 0 Å². The van der Waals surface area contributed by atoms with Gasteiger partial charge in [0.05, 0.1) is 11.1 Å². The molecule has 0 spiro atoms. The quantitative estimate of drug-likeness (QED) is 0.479. The Balaban J connectivity index is 2.20. The molecule has 2 rings (SSSR count). The number of hydrogen-bond acceptors (Lipinski definition) is 2. The van der Waals surface area contributed by atoms with E-state index in [0.717, 1.165) is 22.8 Å². The number of carbonyl (C=O) groups is 2. The van der Waals surface area contributed by atoms with Crippen molar-refractivity contribution < 1.29 is 9.59 Å². The van der Waals surface area contributed by atoms with E-state index in [9.17, 15) is 9.59 Å². The fourth-order valence-electron chi connectivity index (χ4n) is 1.99. The molecule has 1 aliphatic rings. The van der Waals surface area contributed by atoms with E-state index < -0.39 is 0 Å². The average molecular weight is 343 g/mol. The van der Waals surface area contributed by atoms with E-state index in [0.29, 0.717) is 17.7 Å².